The van der Waals surface area contributed by atoms with E-state index in [1.165, 1.54) is 13.8 Å². The fourth-order valence-corrected chi connectivity index (χ4v) is 7.53. The summed E-state index contributed by atoms with van der Waals surface area (Å²) >= 11 is 6.74. The largest absolute Gasteiger partial charge is 0.459 e. The van der Waals surface area contributed by atoms with E-state index in [0.717, 1.165) is 0 Å². The van der Waals surface area contributed by atoms with Crippen LogP contribution in [0.2, 0.25) is 0 Å². The fraction of sp³-hybridized carbons (Fsp3) is 0.808. The number of epoxide rings is 2. The van der Waals surface area contributed by atoms with E-state index >= 15 is 0 Å². The Hall–Kier alpha value is -1.72. The fourth-order valence-electron chi connectivity index (χ4n) is 7.15. The van der Waals surface area contributed by atoms with Gasteiger partial charge in [0.1, 0.15) is 30.5 Å². The highest BCUT2D eigenvalue weighted by molar-refractivity contribution is 6.23. The van der Waals surface area contributed by atoms with Crippen molar-refractivity contribution in [3.63, 3.8) is 0 Å². The van der Waals surface area contributed by atoms with E-state index in [2.05, 4.69) is 6.58 Å². The third kappa shape index (κ3) is 3.77. The quantitative estimate of drug-likeness (QED) is 0.175. The number of hydrogen-bond acceptors (Lipinski definition) is 10. The van der Waals surface area contributed by atoms with Gasteiger partial charge >= 0.3 is 17.9 Å². The van der Waals surface area contributed by atoms with E-state index in [9.17, 15) is 24.6 Å². The standard InChI is InChI=1S/C26H35ClO10/c1-7-8-13(29)34-16-9(2)14-21(33-12(5)28)26(32)11(4)24(31)37-22(26)15(27)10(3)17-18(35-17)20(30)25(14,6)23-19(16)36-23/h9,11,14-23,30,32H,3,7-8H2,1-2,4-6H3/t9-,11+,14-,15+,16+,17-,18-,19+,20-,21-,22+,23+,25+,26-/m1/s1. The monoisotopic (exact) mass is 542 g/mol. The Balaban J connectivity index is 1.67. The summed E-state index contributed by atoms with van der Waals surface area (Å²) < 4.78 is 29.2. The average molecular weight is 543 g/mol. The zero-order valence-electron chi connectivity index (χ0n) is 21.6. The predicted octanol–water partition coefficient (Wildman–Crippen LogP) is 1.27. The van der Waals surface area contributed by atoms with Crippen LogP contribution in [0.25, 0.3) is 0 Å². The molecule has 2 aliphatic carbocycles. The molecule has 14 atom stereocenters. The number of aliphatic hydroxyl groups is 2. The summed E-state index contributed by atoms with van der Waals surface area (Å²) in [6, 6.07) is 0. The second-order valence-corrected chi connectivity index (χ2v) is 11.9. The molecule has 0 bridgehead atoms. The highest BCUT2D eigenvalue weighted by Gasteiger charge is 2.77. The minimum atomic E-state index is -2.08. The van der Waals surface area contributed by atoms with Gasteiger partial charge in [-0.15, -0.1) is 11.6 Å². The topological polar surface area (TPSA) is 144 Å². The predicted molar refractivity (Wildman–Crippen MR) is 127 cm³/mol. The van der Waals surface area contributed by atoms with Crippen molar-refractivity contribution in [2.24, 2.45) is 23.2 Å². The third-order valence-corrected chi connectivity index (χ3v) is 9.78. The number of aliphatic hydroxyl groups excluding tert-OH is 1. The highest BCUT2D eigenvalue weighted by Crippen LogP contribution is 2.63. The number of esters is 3. The molecule has 10 nitrogen and oxygen atoms in total. The first kappa shape index (κ1) is 26.9. The highest BCUT2D eigenvalue weighted by atomic mass is 35.5. The molecule has 11 heteroatoms. The average Bonchev–Trinajstić information content (AvgIpc) is 3.75. The maximum atomic E-state index is 12.9. The molecular weight excluding hydrogens is 508 g/mol. The first-order chi connectivity index (χ1) is 17.3. The van der Waals surface area contributed by atoms with Crippen LogP contribution >= 0.6 is 11.6 Å². The summed E-state index contributed by atoms with van der Waals surface area (Å²) in [6.07, 6.45) is -6.05. The number of carbonyl (C=O) groups excluding carboxylic acids is 3. The lowest BCUT2D eigenvalue weighted by atomic mass is 9.53. The second-order valence-electron chi connectivity index (χ2n) is 11.4. The van der Waals surface area contributed by atoms with Crippen LogP contribution in [0.5, 0.6) is 0 Å². The SMILES string of the molecule is C=C1[C@H]2O[C@H]2[C@@H](O)[C@]2(C)[C@H]([C@@H](C)[C@H](OC(=O)CCC)[C@@H]3O[C@@H]32)[C@@H](OC(C)=O)[C@]2(O)[C@@H](C)C(=O)O[C@H]2[C@H]1Cl. The van der Waals surface area contributed by atoms with E-state index in [1.54, 1.807) is 6.92 Å². The number of halogens is 1. The van der Waals surface area contributed by atoms with E-state index in [-0.39, 0.29) is 6.42 Å². The molecule has 3 heterocycles. The molecule has 5 aliphatic rings. The molecule has 3 saturated heterocycles. The van der Waals surface area contributed by atoms with Gasteiger partial charge in [0.25, 0.3) is 0 Å². The molecule has 37 heavy (non-hydrogen) atoms. The summed E-state index contributed by atoms with van der Waals surface area (Å²) in [7, 11) is 0. The van der Waals surface area contributed by atoms with Crippen LogP contribution in [-0.2, 0) is 38.1 Å². The van der Waals surface area contributed by atoms with Crippen LogP contribution in [0.15, 0.2) is 12.2 Å². The number of ether oxygens (including phenoxy) is 5. The number of alkyl halides is 1. The lowest BCUT2D eigenvalue weighted by molar-refractivity contribution is -0.223. The first-order valence-corrected chi connectivity index (χ1v) is 13.3. The van der Waals surface area contributed by atoms with Crippen molar-refractivity contribution in [1.82, 2.24) is 0 Å². The van der Waals surface area contributed by atoms with Gasteiger partial charge in [0.15, 0.2) is 11.7 Å². The summed E-state index contributed by atoms with van der Waals surface area (Å²) in [6.45, 7) is 12.2. The Morgan fingerprint density at radius 3 is 2.46 bits per heavy atom. The number of fused-ring (bicyclic) bond motifs is 5. The van der Waals surface area contributed by atoms with E-state index in [1.807, 2.05) is 13.8 Å². The molecule has 206 valence electrons. The molecule has 0 aromatic rings. The van der Waals surface area contributed by atoms with Crippen molar-refractivity contribution >= 4 is 29.5 Å². The van der Waals surface area contributed by atoms with Gasteiger partial charge in [0.05, 0.1) is 23.5 Å². The molecule has 0 aromatic heterocycles. The molecule has 0 spiro atoms. The van der Waals surface area contributed by atoms with Crippen molar-refractivity contribution in [3.8, 4) is 0 Å². The van der Waals surface area contributed by atoms with Gasteiger partial charge in [-0.3, -0.25) is 14.4 Å². The molecule has 3 aliphatic heterocycles. The van der Waals surface area contributed by atoms with Crippen molar-refractivity contribution in [3.05, 3.63) is 12.2 Å². The number of carbonyl (C=O) groups is 3. The molecule has 0 unspecified atom stereocenters. The van der Waals surface area contributed by atoms with E-state index in [4.69, 9.17) is 35.3 Å². The zero-order valence-corrected chi connectivity index (χ0v) is 22.3. The lowest BCUT2D eigenvalue weighted by Gasteiger charge is -2.54. The minimum Gasteiger partial charge on any atom is -0.459 e. The van der Waals surface area contributed by atoms with E-state index < -0.39 is 101 Å². The molecule has 5 fully saturated rings. The van der Waals surface area contributed by atoms with Crippen molar-refractivity contribution < 1.29 is 48.3 Å². The van der Waals surface area contributed by atoms with Crippen LogP contribution in [0.1, 0.15) is 47.5 Å². The van der Waals surface area contributed by atoms with Crippen LogP contribution in [0.4, 0.5) is 0 Å². The van der Waals surface area contributed by atoms with Gasteiger partial charge in [-0.1, -0.05) is 27.4 Å². The molecule has 0 radical (unpaired) electrons. The summed E-state index contributed by atoms with van der Waals surface area (Å²) in [5.74, 6) is -4.32. The Morgan fingerprint density at radius 2 is 1.84 bits per heavy atom. The Bertz CT molecular complexity index is 1020. The Labute approximate surface area is 220 Å². The van der Waals surface area contributed by atoms with Gasteiger partial charge in [-0.2, -0.15) is 0 Å². The van der Waals surface area contributed by atoms with Crippen molar-refractivity contribution in [2.45, 2.75) is 107 Å². The molecule has 2 saturated carbocycles. The summed E-state index contributed by atoms with van der Waals surface area (Å²) in [4.78, 5) is 37.9. The first-order valence-electron chi connectivity index (χ1n) is 12.9. The number of rotatable bonds is 4. The molecule has 0 amide bonds. The van der Waals surface area contributed by atoms with Gasteiger partial charge in [-0.05, 0) is 18.9 Å². The zero-order chi connectivity index (χ0) is 27.2. The normalized spacial score (nSPS) is 52.0. The summed E-state index contributed by atoms with van der Waals surface area (Å²) in [5.41, 5.74) is -2.86. The Morgan fingerprint density at radius 1 is 1.16 bits per heavy atom. The molecule has 5 rings (SSSR count). The van der Waals surface area contributed by atoms with Crippen LogP contribution < -0.4 is 0 Å². The minimum absolute atomic E-state index is 0.220. The molecule has 0 aromatic carbocycles. The maximum Gasteiger partial charge on any atom is 0.312 e. The second kappa shape index (κ2) is 8.91. The summed E-state index contributed by atoms with van der Waals surface area (Å²) in [5, 5.41) is 23.0. The van der Waals surface area contributed by atoms with Gasteiger partial charge in [-0.25, -0.2) is 0 Å². The number of hydrogen-bond donors (Lipinski definition) is 2. The van der Waals surface area contributed by atoms with Gasteiger partial charge < -0.3 is 33.9 Å². The Kier molecular flexibility index (Phi) is 6.47. The lowest BCUT2D eigenvalue weighted by Crippen LogP contribution is -2.69. The van der Waals surface area contributed by atoms with Gasteiger partial charge in [0, 0.05) is 30.6 Å². The smallest absolute Gasteiger partial charge is 0.312 e. The van der Waals surface area contributed by atoms with Crippen LogP contribution in [0.3, 0.4) is 0 Å². The molecule has 2 N–H and O–H groups in total. The van der Waals surface area contributed by atoms with E-state index in [0.29, 0.717) is 12.0 Å². The van der Waals surface area contributed by atoms with Crippen molar-refractivity contribution in [2.75, 3.05) is 0 Å². The maximum absolute atomic E-state index is 12.9. The van der Waals surface area contributed by atoms with Crippen molar-refractivity contribution in [1.29, 1.82) is 0 Å². The van der Waals surface area contributed by atoms with Gasteiger partial charge in [0.2, 0.25) is 0 Å². The van der Waals surface area contributed by atoms with Crippen LogP contribution in [0, 0.1) is 23.2 Å². The molecular formula is C26H35ClO10. The van der Waals surface area contributed by atoms with Crippen LogP contribution in [-0.4, -0.2) is 87.9 Å². The third-order valence-electron chi connectivity index (χ3n) is 9.27.